The van der Waals surface area contributed by atoms with E-state index in [1.165, 1.54) is 0 Å². The zero-order valence-corrected chi connectivity index (χ0v) is 6.17. The van der Waals surface area contributed by atoms with E-state index in [0.717, 1.165) is 13.0 Å². The third-order valence-corrected chi connectivity index (χ3v) is 2.44. The van der Waals surface area contributed by atoms with Crippen LogP contribution in [0.25, 0.3) is 0 Å². The van der Waals surface area contributed by atoms with Crippen molar-refractivity contribution < 1.29 is 10.4 Å². The molecule has 0 aliphatic carbocycles. The van der Waals surface area contributed by atoms with E-state index >= 15 is 0 Å². The topological polar surface area (TPSA) is 36.8 Å². The highest BCUT2D eigenvalue weighted by atomic mass is 16.3. The molecule has 0 aromatic carbocycles. The number of aliphatic hydroxyl groups is 1. The van der Waals surface area contributed by atoms with Crippen LogP contribution in [0, 0.1) is 5.92 Å². The van der Waals surface area contributed by atoms with Gasteiger partial charge in [-0.05, 0) is 6.92 Å². The van der Waals surface area contributed by atoms with Gasteiger partial charge in [0.05, 0.1) is 18.7 Å². The minimum absolute atomic E-state index is 0.0509. The van der Waals surface area contributed by atoms with Crippen LogP contribution in [0.4, 0.5) is 0 Å². The van der Waals surface area contributed by atoms with E-state index in [1.807, 2.05) is 0 Å². The molecule has 3 unspecified atom stereocenters. The Kier molecular flexibility index (Phi) is 2.09. The van der Waals surface area contributed by atoms with Gasteiger partial charge in [0, 0.05) is 12.3 Å². The van der Waals surface area contributed by atoms with E-state index in [1.54, 1.807) is 0 Å². The molecule has 3 atom stereocenters. The zero-order valence-electron chi connectivity index (χ0n) is 6.17. The van der Waals surface area contributed by atoms with Crippen molar-refractivity contribution in [3.05, 3.63) is 0 Å². The molecule has 0 aromatic rings. The van der Waals surface area contributed by atoms with Gasteiger partial charge in [0.25, 0.3) is 0 Å². The summed E-state index contributed by atoms with van der Waals surface area (Å²) in [5.41, 5.74) is 0. The van der Waals surface area contributed by atoms with Gasteiger partial charge in [0.2, 0.25) is 0 Å². The lowest BCUT2D eigenvalue weighted by Crippen LogP contribution is -2.93. The van der Waals surface area contributed by atoms with Gasteiger partial charge in [-0.15, -0.1) is 0 Å². The predicted molar refractivity (Wildman–Crippen MR) is 36.0 cm³/mol. The van der Waals surface area contributed by atoms with Gasteiger partial charge in [-0.1, -0.05) is 6.92 Å². The molecule has 0 spiro atoms. The summed E-state index contributed by atoms with van der Waals surface area (Å²) >= 11 is 0. The first-order valence-corrected chi connectivity index (χ1v) is 3.73. The molecule has 2 nitrogen and oxygen atoms in total. The molecule has 0 aromatic heterocycles. The predicted octanol–water partition coefficient (Wildman–Crippen LogP) is -0.661. The second-order valence-corrected chi connectivity index (χ2v) is 3.10. The van der Waals surface area contributed by atoms with Crippen molar-refractivity contribution >= 4 is 0 Å². The van der Waals surface area contributed by atoms with Crippen LogP contribution in [0.2, 0.25) is 0 Å². The van der Waals surface area contributed by atoms with Crippen LogP contribution >= 0.6 is 0 Å². The Balaban J connectivity index is 2.41. The molecule has 54 valence electrons. The fraction of sp³-hybridized carbons (Fsp3) is 1.00. The third kappa shape index (κ3) is 1.43. The molecule has 3 N–H and O–H groups in total. The van der Waals surface area contributed by atoms with E-state index in [2.05, 4.69) is 19.2 Å². The van der Waals surface area contributed by atoms with Gasteiger partial charge in [0.1, 0.15) is 0 Å². The zero-order chi connectivity index (χ0) is 6.85. The van der Waals surface area contributed by atoms with Crippen molar-refractivity contribution in [1.82, 2.24) is 0 Å². The largest absolute Gasteiger partial charge is 0.392 e. The van der Waals surface area contributed by atoms with Crippen molar-refractivity contribution in [3.63, 3.8) is 0 Å². The summed E-state index contributed by atoms with van der Waals surface area (Å²) in [5.74, 6) is 0.471. The van der Waals surface area contributed by atoms with Crippen LogP contribution in [0.3, 0.4) is 0 Å². The Morgan fingerprint density at radius 3 is 2.56 bits per heavy atom. The molecule has 9 heavy (non-hydrogen) atoms. The van der Waals surface area contributed by atoms with Crippen molar-refractivity contribution in [1.29, 1.82) is 0 Å². The molecule has 1 saturated heterocycles. The lowest BCUT2D eigenvalue weighted by atomic mass is 9.91. The van der Waals surface area contributed by atoms with Gasteiger partial charge in [-0.3, -0.25) is 0 Å². The van der Waals surface area contributed by atoms with E-state index in [0.29, 0.717) is 12.0 Å². The maximum absolute atomic E-state index is 9.33. The molecule has 0 saturated carbocycles. The molecule has 1 aliphatic heterocycles. The molecule has 0 bridgehead atoms. The molecule has 1 fully saturated rings. The van der Waals surface area contributed by atoms with Gasteiger partial charge in [-0.25, -0.2) is 0 Å². The maximum Gasteiger partial charge on any atom is 0.0881 e. The SMILES string of the molecule is CC1[NH2+]CCC(O)C1C. The lowest BCUT2D eigenvalue weighted by molar-refractivity contribution is -0.704. The van der Waals surface area contributed by atoms with Crippen LogP contribution in [0.15, 0.2) is 0 Å². The molecule has 0 radical (unpaired) electrons. The normalized spacial score (nSPS) is 45.0. The monoisotopic (exact) mass is 130 g/mol. The first-order chi connectivity index (χ1) is 4.22. The highest BCUT2D eigenvalue weighted by Gasteiger charge is 2.27. The number of nitrogens with two attached hydrogens (primary N) is 1. The molecule has 1 rings (SSSR count). The van der Waals surface area contributed by atoms with Gasteiger partial charge >= 0.3 is 0 Å². The minimum Gasteiger partial charge on any atom is -0.392 e. The van der Waals surface area contributed by atoms with Crippen molar-refractivity contribution in [2.45, 2.75) is 32.4 Å². The highest BCUT2D eigenvalue weighted by molar-refractivity contribution is 4.71. The number of rotatable bonds is 0. The summed E-state index contributed by atoms with van der Waals surface area (Å²) < 4.78 is 0. The maximum atomic E-state index is 9.33. The number of quaternary nitrogens is 1. The summed E-state index contributed by atoms with van der Waals surface area (Å²) in [6, 6.07) is 0.605. The number of hydrogen-bond donors (Lipinski definition) is 2. The van der Waals surface area contributed by atoms with Crippen LogP contribution in [-0.2, 0) is 0 Å². The van der Waals surface area contributed by atoms with Crippen LogP contribution in [0.5, 0.6) is 0 Å². The van der Waals surface area contributed by atoms with Crippen molar-refractivity contribution in [2.24, 2.45) is 5.92 Å². The number of aliphatic hydroxyl groups excluding tert-OH is 1. The standard InChI is InChI=1S/C7H15NO/c1-5-6(2)8-4-3-7(5)9/h5-9H,3-4H2,1-2H3/p+1. The average molecular weight is 130 g/mol. The highest BCUT2D eigenvalue weighted by Crippen LogP contribution is 2.10. The molecule has 1 aliphatic rings. The van der Waals surface area contributed by atoms with E-state index in [9.17, 15) is 5.11 Å². The summed E-state index contributed by atoms with van der Waals surface area (Å²) in [5, 5.41) is 11.6. The van der Waals surface area contributed by atoms with Gasteiger partial charge < -0.3 is 10.4 Å². The lowest BCUT2D eigenvalue weighted by Gasteiger charge is -2.28. The Morgan fingerprint density at radius 2 is 2.11 bits per heavy atom. The quantitative estimate of drug-likeness (QED) is 0.449. The Hall–Kier alpha value is -0.0800. The Morgan fingerprint density at radius 1 is 1.44 bits per heavy atom. The van der Waals surface area contributed by atoms with Gasteiger partial charge in [0.15, 0.2) is 0 Å². The summed E-state index contributed by atoms with van der Waals surface area (Å²) in [7, 11) is 0. The van der Waals surface area contributed by atoms with E-state index in [4.69, 9.17) is 0 Å². The summed E-state index contributed by atoms with van der Waals surface area (Å²) in [6.07, 6.45) is 0.913. The smallest absolute Gasteiger partial charge is 0.0881 e. The molecule has 2 heteroatoms. The van der Waals surface area contributed by atoms with Gasteiger partial charge in [-0.2, -0.15) is 0 Å². The Labute approximate surface area is 56.3 Å². The van der Waals surface area contributed by atoms with Crippen LogP contribution in [-0.4, -0.2) is 23.8 Å². The molecule has 0 amide bonds. The van der Waals surface area contributed by atoms with Crippen LogP contribution in [0.1, 0.15) is 20.3 Å². The fourth-order valence-corrected chi connectivity index (χ4v) is 1.36. The Bertz CT molecular complexity index is 84.9. The summed E-state index contributed by atoms with van der Waals surface area (Å²) in [6.45, 7) is 5.38. The first-order valence-electron chi connectivity index (χ1n) is 3.73. The minimum atomic E-state index is -0.0509. The molecular weight excluding hydrogens is 114 g/mol. The molecular formula is C7H16NO+. The van der Waals surface area contributed by atoms with Crippen molar-refractivity contribution in [3.8, 4) is 0 Å². The third-order valence-electron chi connectivity index (χ3n) is 2.44. The van der Waals surface area contributed by atoms with Crippen LogP contribution < -0.4 is 5.32 Å². The second-order valence-electron chi connectivity index (χ2n) is 3.10. The first kappa shape index (κ1) is 7.03. The fourth-order valence-electron chi connectivity index (χ4n) is 1.36. The number of piperidine rings is 1. The molecule has 1 heterocycles. The van der Waals surface area contributed by atoms with E-state index < -0.39 is 0 Å². The summed E-state index contributed by atoms with van der Waals surface area (Å²) in [4.78, 5) is 0. The van der Waals surface area contributed by atoms with Crippen molar-refractivity contribution in [2.75, 3.05) is 6.54 Å². The van der Waals surface area contributed by atoms with E-state index in [-0.39, 0.29) is 6.10 Å². The average Bonchev–Trinajstić information content (AvgIpc) is 1.83. The number of hydrogen-bond acceptors (Lipinski definition) is 1. The second kappa shape index (κ2) is 2.67.